The number of halogens is 3. The van der Waals surface area contributed by atoms with Crippen LogP contribution in [0.1, 0.15) is 22.6 Å². The number of rotatable bonds is 4. The quantitative estimate of drug-likeness (QED) is 0.931. The number of nitrogens with zero attached hydrogens (tertiary/aromatic N) is 2. The molecule has 0 aliphatic carbocycles. The first-order chi connectivity index (χ1) is 8.90. The minimum Gasteiger partial charge on any atom is -0.462 e. The van der Waals surface area contributed by atoms with E-state index in [0.717, 1.165) is 23.7 Å². The van der Waals surface area contributed by atoms with Crippen LogP contribution in [0.5, 0.6) is 0 Å². The number of nitrogens with one attached hydrogen (secondary N) is 1. The minimum atomic E-state index is -4.37. The molecule has 7 heteroatoms. The lowest BCUT2D eigenvalue weighted by Gasteiger charge is -2.01. The second-order valence-corrected chi connectivity index (χ2v) is 4.27. The Labute approximate surface area is 108 Å². The summed E-state index contributed by atoms with van der Waals surface area (Å²) in [6, 6.07) is 1.81. The number of furan rings is 1. The van der Waals surface area contributed by atoms with Gasteiger partial charge in [-0.3, -0.25) is 4.68 Å². The Morgan fingerprint density at radius 1 is 1.42 bits per heavy atom. The molecule has 0 aromatic carbocycles. The van der Waals surface area contributed by atoms with Crippen molar-refractivity contribution in [1.82, 2.24) is 15.1 Å². The van der Waals surface area contributed by atoms with E-state index >= 15 is 0 Å². The van der Waals surface area contributed by atoms with Crippen LogP contribution in [0.2, 0.25) is 0 Å². The fourth-order valence-corrected chi connectivity index (χ4v) is 1.76. The monoisotopic (exact) mass is 273 g/mol. The second kappa shape index (κ2) is 5.08. The van der Waals surface area contributed by atoms with Crippen LogP contribution < -0.4 is 5.32 Å². The van der Waals surface area contributed by atoms with E-state index in [-0.39, 0.29) is 6.54 Å². The second-order valence-electron chi connectivity index (χ2n) is 4.27. The molecule has 2 heterocycles. The van der Waals surface area contributed by atoms with Crippen molar-refractivity contribution in [2.75, 3.05) is 7.05 Å². The predicted octanol–water partition coefficient (Wildman–Crippen LogP) is 2.57. The maximum absolute atomic E-state index is 12.4. The van der Waals surface area contributed by atoms with Crippen molar-refractivity contribution in [2.24, 2.45) is 0 Å². The van der Waals surface area contributed by atoms with Crippen LogP contribution in [0.25, 0.3) is 0 Å². The average molecular weight is 273 g/mol. The lowest BCUT2D eigenvalue weighted by atomic mass is 10.2. The Bertz CT molecular complexity index is 557. The summed E-state index contributed by atoms with van der Waals surface area (Å²) < 4.78 is 44.0. The lowest BCUT2D eigenvalue weighted by Crippen LogP contribution is -2.05. The summed E-state index contributed by atoms with van der Waals surface area (Å²) in [5.41, 5.74) is 0.207. The molecule has 0 saturated heterocycles. The number of alkyl halides is 3. The first kappa shape index (κ1) is 13.7. The van der Waals surface area contributed by atoms with E-state index < -0.39 is 11.7 Å². The standard InChI is InChI=1S/C12H14F3N3O/c1-8-3-10(19-11(8)5-16-2)7-18-6-9(4-17-18)12(13,14)15/h3-4,6,16H,5,7H2,1-2H3. The largest absolute Gasteiger partial charge is 0.462 e. The Balaban J connectivity index is 2.13. The van der Waals surface area contributed by atoms with Crippen molar-refractivity contribution >= 4 is 0 Å². The molecule has 19 heavy (non-hydrogen) atoms. The lowest BCUT2D eigenvalue weighted by molar-refractivity contribution is -0.137. The van der Waals surface area contributed by atoms with Crippen molar-refractivity contribution < 1.29 is 17.6 Å². The summed E-state index contributed by atoms with van der Waals surface area (Å²) in [6.07, 6.45) is -2.59. The van der Waals surface area contributed by atoms with Crippen LogP contribution in [0.15, 0.2) is 22.9 Å². The van der Waals surface area contributed by atoms with Gasteiger partial charge in [0.25, 0.3) is 0 Å². The van der Waals surface area contributed by atoms with E-state index in [9.17, 15) is 13.2 Å². The summed E-state index contributed by atoms with van der Waals surface area (Å²) in [5, 5.41) is 6.64. The van der Waals surface area contributed by atoms with Gasteiger partial charge < -0.3 is 9.73 Å². The molecule has 0 spiro atoms. The van der Waals surface area contributed by atoms with Crippen LogP contribution in [0.4, 0.5) is 13.2 Å². The van der Waals surface area contributed by atoms with E-state index in [1.165, 1.54) is 4.68 Å². The van der Waals surface area contributed by atoms with Gasteiger partial charge in [0.05, 0.1) is 24.8 Å². The van der Waals surface area contributed by atoms with Crippen molar-refractivity contribution in [2.45, 2.75) is 26.2 Å². The van der Waals surface area contributed by atoms with Gasteiger partial charge in [0, 0.05) is 6.20 Å². The zero-order chi connectivity index (χ0) is 14.0. The highest BCUT2D eigenvalue weighted by Crippen LogP contribution is 2.28. The van der Waals surface area contributed by atoms with Crippen LogP contribution in [0, 0.1) is 6.92 Å². The topological polar surface area (TPSA) is 43.0 Å². The molecule has 2 aromatic rings. The van der Waals surface area contributed by atoms with E-state index in [4.69, 9.17) is 4.42 Å². The maximum atomic E-state index is 12.4. The fourth-order valence-electron chi connectivity index (χ4n) is 1.76. The number of hydrogen-bond donors (Lipinski definition) is 1. The van der Waals surface area contributed by atoms with Crippen LogP contribution >= 0.6 is 0 Å². The normalized spacial score (nSPS) is 12.1. The summed E-state index contributed by atoms with van der Waals surface area (Å²) in [7, 11) is 1.80. The summed E-state index contributed by atoms with van der Waals surface area (Å²) in [4.78, 5) is 0. The number of hydrogen-bond acceptors (Lipinski definition) is 3. The molecular formula is C12H14F3N3O. The average Bonchev–Trinajstić information content (AvgIpc) is 2.87. The Morgan fingerprint density at radius 2 is 2.16 bits per heavy atom. The molecule has 1 N–H and O–H groups in total. The molecule has 4 nitrogen and oxygen atoms in total. The fraction of sp³-hybridized carbons (Fsp3) is 0.417. The number of aromatic nitrogens is 2. The van der Waals surface area contributed by atoms with E-state index in [1.54, 1.807) is 7.05 Å². The van der Waals surface area contributed by atoms with Gasteiger partial charge in [-0.25, -0.2) is 0 Å². The molecule has 0 radical (unpaired) electrons. The zero-order valence-electron chi connectivity index (χ0n) is 10.6. The van der Waals surface area contributed by atoms with Gasteiger partial charge >= 0.3 is 6.18 Å². The Morgan fingerprint density at radius 3 is 2.74 bits per heavy atom. The van der Waals surface area contributed by atoms with Crippen molar-refractivity contribution in [3.05, 3.63) is 41.1 Å². The first-order valence-corrected chi connectivity index (χ1v) is 5.72. The van der Waals surface area contributed by atoms with E-state index in [1.807, 2.05) is 13.0 Å². The Hall–Kier alpha value is -1.76. The Kier molecular flexibility index (Phi) is 3.66. The molecule has 0 unspecified atom stereocenters. The minimum absolute atomic E-state index is 0.181. The smallest absolute Gasteiger partial charge is 0.419 e. The van der Waals surface area contributed by atoms with Crippen molar-refractivity contribution in [3.8, 4) is 0 Å². The van der Waals surface area contributed by atoms with E-state index in [2.05, 4.69) is 10.4 Å². The predicted molar refractivity (Wildman–Crippen MR) is 62.5 cm³/mol. The third-order valence-corrected chi connectivity index (χ3v) is 2.69. The molecule has 2 aromatic heterocycles. The van der Waals surface area contributed by atoms with Crippen LogP contribution in [-0.4, -0.2) is 16.8 Å². The molecule has 0 bridgehead atoms. The summed E-state index contributed by atoms with van der Waals surface area (Å²) in [5.74, 6) is 1.36. The van der Waals surface area contributed by atoms with Crippen molar-refractivity contribution in [1.29, 1.82) is 0 Å². The highest BCUT2D eigenvalue weighted by molar-refractivity contribution is 5.20. The molecule has 104 valence electrons. The molecule has 0 saturated carbocycles. The van der Waals surface area contributed by atoms with Gasteiger partial charge in [-0.05, 0) is 25.6 Å². The maximum Gasteiger partial charge on any atom is 0.419 e. The molecular weight excluding hydrogens is 259 g/mol. The van der Waals surface area contributed by atoms with E-state index in [0.29, 0.717) is 12.3 Å². The van der Waals surface area contributed by atoms with Gasteiger partial charge in [-0.2, -0.15) is 18.3 Å². The van der Waals surface area contributed by atoms with Gasteiger partial charge in [-0.15, -0.1) is 0 Å². The number of aryl methyl sites for hydroxylation is 1. The molecule has 0 aliphatic rings. The molecule has 0 atom stereocenters. The van der Waals surface area contributed by atoms with Gasteiger partial charge in [0.15, 0.2) is 0 Å². The summed E-state index contributed by atoms with van der Waals surface area (Å²) in [6.45, 7) is 2.66. The third kappa shape index (κ3) is 3.17. The van der Waals surface area contributed by atoms with Gasteiger partial charge in [-0.1, -0.05) is 0 Å². The van der Waals surface area contributed by atoms with Crippen LogP contribution in [0.3, 0.4) is 0 Å². The molecule has 2 rings (SSSR count). The van der Waals surface area contributed by atoms with Gasteiger partial charge in [0.1, 0.15) is 11.5 Å². The highest BCUT2D eigenvalue weighted by Gasteiger charge is 2.32. The first-order valence-electron chi connectivity index (χ1n) is 5.72. The zero-order valence-corrected chi connectivity index (χ0v) is 10.6. The summed E-state index contributed by atoms with van der Waals surface area (Å²) >= 11 is 0. The molecule has 0 aliphatic heterocycles. The van der Waals surface area contributed by atoms with Gasteiger partial charge in [0.2, 0.25) is 0 Å². The molecule has 0 fully saturated rings. The molecule has 0 amide bonds. The third-order valence-electron chi connectivity index (χ3n) is 2.69. The van der Waals surface area contributed by atoms with Crippen molar-refractivity contribution in [3.63, 3.8) is 0 Å². The van der Waals surface area contributed by atoms with Crippen LogP contribution in [-0.2, 0) is 19.3 Å². The highest BCUT2D eigenvalue weighted by atomic mass is 19.4. The SMILES string of the molecule is CNCc1oc(Cn2cc(C(F)(F)F)cn2)cc1C.